The molecule has 4 heterocycles. The summed E-state index contributed by atoms with van der Waals surface area (Å²) in [6.07, 6.45) is 6.53. The van der Waals surface area contributed by atoms with Crippen LogP contribution in [0.2, 0.25) is 0 Å². The fourth-order valence-corrected chi connectivity index (χ4v) is 6.57. The Labute approximate surface area is 217 Å². The van der Waals surface area contributed by atoms with E-state index < -0.39 is 15.6 Å². The minimum Gasteiger partial charge on any atom is -0.355 e. The Morgan fingerprint density at radius 1 is 1.16 bits per heavy atom. The van der Waals surface area contributed by atoms with E-state index in [0.29, 0.717) is 17.8 Å². The van der Waals surface area contributed by atoms with Crippen LogP contribution in [0.4, 0.5) is 5.82 Å². The van der Waals surface area contributed by atoms with Crippen molar-refractivity contribution in [1.29, 1.82) is 0 Å². The van der Waals surface area contributed by atoms with E-state index in [1.807, 2.05) is 25.3 Å². The highest BCUT2D eigenvalue weighted by atomic mass is 32.2. The predicted octanol–water partition coefficient (Wildman–Crippen LogP) is 2.09. The highest BCUT2D eigenvalue weighted by Gasteiger charge is 2.44. The van der Waals surface area contributed by atoms with Gasteiger partial charge in [-0.1, -0.05) is 30.3 Å². The second-order valence-corrected chi connectivity index (χ2v) is 12.2. The van der Waals surface area contributed by atoms with E-state index in [1.165, 1.54) is 0 Å². The Morgan fingerprint density at radius 2 is 1.92 bits per heavy atom. The Bertz CT molecular complexity index is 1410. The topological polar surface area (TPSA) is 126 Å². The molecule has 0 unspecified atom stereocenters. The molecule has 2 saturated heterocycles. The van der Waals surface area contributed by atoms with Gasteiger partial charge in [-0.3, -0.25) is 4.79 Å². The van der Waals surface area contributed by atoms with Gasteiger partial charge in [0.2, 0.25) is 15.9 Å². The maximum absolute atomic E-state index is 14.1. The van der Waals surface area contributed by atoms with Gasteiger partial charge in [-0.2, -0.15) is 9.82 Å². The standard InChI is InChI=1S/C26H35N7O3S/c1-18-16-33-23(28-24(18)31-14-12-20(27)17-31)15-21(29-33)22-11-7-8-13-32(22)25(34)26(2,30-37(3,35)36)19-9-5-4-6-10-19/h4-6,9-10,15-16,20,22,30H,7-8,11-14,17,27H2,1-3H3/t20-,22-,26-/m0/s1. The summed E-state index contributed by atoms with van der Waals surface area (Å²) in [5, 5.41) is 4.82. The summed E-state index contributed by atoms with van der Waals surface area (Å²) in [5.41, 5.74) is 7.75. The van der Waals surface area contributed by atoms with Crippen LogP contribution in [0, 0.1) is 6.92 Å². The van der Waals surface area contributed by atoms with Gasteiger partial charge >= 0.3 is 0 Å². The number of nitrogens with one attached hydrogen (secondary N) is 1. The van der Waals surface area contributed by atoms with E-state index in [9.17, 15) is 13.2 Å². The van der Waals surface area contributed by atoms with Crippen LogP contribution in [-0.2, 0) is 20.4 Å². The number of hydrogen-bond donors (Lipinski definition) is 2. The number of rotatable bonds is 6. The zero-order valence-electron chi connectivity index (χ0n) is 21.6. The average molecular weight is 526 g/mol. The highest BCUT2D eigenvalue weighted by molar-refractivity contribution is 7.88. The molecule has 2 aliphatic rings. The zero-order chi connectivity index (χ0) is 26.4. The van der Waals surface area contributed by atoms with Crippen molar-refractivity contribution in [3.63, 3.8) is 0 Å². The normalized spacial score (nSPS) is 22.4. The molecule has 0 saturated carbocycles. The molecule has 3 aromatic rings. The molecular weight excluding hydrogens is 490 g/mol. The molecule has 1 amide bonds. The molecule has 11 heteroatoms. The number of hydrogen-bond acceptors (Lipinski definition) is 7. The van der Waals surface area contributed by atoms with Crippen LogP contribution >= 0.6 is 0 Å². The lowest BCUT2D eigenvalue weighted by Crippen LogP contribution is -2.56. The number of benzene rings is 1. The summed E-state index contributed by atoms with van der Waals surface area (Å²) in [4.78, 5) is 23.0. The van der Waals surface area contributed by atoms with Gasteiger partial charge in [0.1, 0.15) is 11.4 Å². The summed E-state index contributed by atoms with van der Waals surface area (Å²) in [6.45, 7) is 5.84. The summed E-state index contributed by atoms with van der Waals surface area (Å²) in [7, 11) is -3.68. The first kappa shape index (κ1) is 25.6. The third-order valence-corrected chi connectivity index (χ3v) is 8.20. The second-order valence-electron chi connectivity index (χ2n) is 10.5. The van der Waals surface area contributed by atoms with E-state index in [-0.39, 0.29) is 18.0 Å². The first-order valence-corrected chi connectivity index (χ1v) is 14.7. The zero-order valence-corrected chi connectivity index (χ0v) is 22.4. The molecule has 198 valence electrons. The summed E-state index contributed by atoms with van der Waals surface area (Å²) in [6, 6.07) is 10.8. The first-order chi connectivity index (χ1) is 17.5. The van der Waals surface area contributed by atoms with Gasteiger partial charge in [-0.15, -0.1) is 0 Å². The van der Waals surface area contributed by atoms with Crippen LogP contribution in [-0.4, -0.2) is 65.8 Å². The van der Waals surface area contributed by atoms with Crippen LogP contribution in [0.15, 0.2) is 42.6 Å². The Morgan fingerprint density at radius 3 is 2.59 bits per heavy atom. The summed E-state index contributed by atoms with van der Waals surface area (Å²) < 4.78 is 29.1. The molecule has 0 radical (unpaired) electrons. The molecule has 2 aromatic heterocycles. The van der Waals surface area contributed by atoms with Gasteiger partial charge < -0.3 is 15.5 Å². The number of anilines is 1. The Hall–Kier alpha value is -3.02. The SMILES string of the molecule is Cc1cn2nc([C@@H]3CCCCN3C(=O)[C@@](C)(NS(C)(=O)=O)c3ccccc3)cc2nc1N1CC[C@H](N)C1. The van der Waals surface area contributed by atoms with Crippen LogP contribution in [0.1, 0.15) is 55.5 Å². The molecule has 37 heavy (non-hydrogen) atoms. The molecule has 10 nitrogen and oxygen atoms in total. The van der Waals surface area contributed by atoms with E-state index in [4.69, 9.17) is 15.8 Å². The summed E-state index contributed by atoms with van der Waals surface area (Å²) >= 11 is 0. The molecule has 3 atom stereocenters. The van der Waals surface area contributed by atoms with Crippen molar-refractivity contribution < 1.29 is 13.2 Å². The van der Waals surface area contributed by atoms with Crippen molar-refractivity contribution >= 4 is 27.4 Å². The number of fused-ring (bicyclic) bond motifs is 1. The van der Waals surface area contributed by atoms with Gasteiger partial charge in [-0.25, -0.2) is 17.9 Å². The van der Waals surface area contributed by atoms with Gasteiger partial charge in [0.15, 0.2) is 5.65 Å². The third-order valence-electron chi connectivity index (χ3n) is 7.42. The number of nitrogens with zero attached hydrogens (tertiary/aromatic N) is 5. The fraction of sp³-hybridized carbons (Fsp3) is 0.500. The van der Waals surface area contributed by atoms with Crippen molar-refractivity contribution in [2.45, 2.75) is 57.2 Å². The molecule has 1 aromatic carbocycles. The molecule has 0 spiro atoms. The lowest BCUT2D eigenvalue weighted by molar-refractivity contribution is -0.141. The molecule has 0 bridgehead atoms. The van der Waals surface area contributed by atoms with Crippen molar-refractivity contribution in [3.8, 4) is 0 Å². The maximum Gasteiger partial charge on any atom is 0.248 e. The lowest BCUT2D eigenvalue weighted by Gasteiger charge is -2.41. The number of nitrogens with two attached hydrogens (primary N) is 1. The largest absolute Gasteiger partial charge is 0.355 e. The van der Waals surface area contributed by atoms with Gasteiger partial charge in [0, 0.05) is 43.5 Å². The number of aryl methyl sites for hydroxylation is 1. The van der Waals surface area contributed by atoms with Crippen molar-refractivity contribution in [2.75, 3.05) is 30.8 Å². The van der Waals surface area contributed by atoms with Gasteiger partial charge in [-0.05, 0) is 45.1 Å². The molecule has 3 N–H and O–H groups in total. The number of carbonyl (C=O) groups is 1. The first-order valence-electron chi connectivity index (χ1n) is 12.8. The molecule has 5 rings (SSSR count). The highest BCUT2D eigenvalue weighted by Crippen LogP contribution is 2.35. The van der Waals surface area contributed by atoms with E-state index in [2.05, 4.69) is 9.62 Å². The van der Waals surface area contributed by atoms with E-state index >= 15 is 0 Å². The molecule has 2 fully saturated rings. The van der Waals surface area contributed by atoms with Crippen molar-refractivity contribution in [3.05, 3.63) is 59.4 Å². The average Bonchev–Trinajstić information content (AvgIpc) is 3.48. The minimum atomic E-state index is -3.68. The fourth-order valence-electron chi connectivity index (χ4n) is 5.62. The number of aromatic nitrogens is 3. The van der Waals surface area contributed by atoms with E-state index in [0.717, 1.165) is 62.1 Å². The number of likely N-dealkylation sites (tertiary alicyclic amines) is 1. The second kappa shape index (κ2) is 9.70. The monoisotopic (exact) mass is 525 g/mol. The van der Waals surface area contributed by atoms with Crippen molar-refractivity contribution in [2.24, 2.45) is 5.73 Å². The van der Waals surface area contributed by atoms with Crippen molar-refractivity contribution in [1.82, 2.24) is 24.2 Å². The van der Waals surface area contributed by atoms with Crippen LogP contribution < -0.4 is 15.4 Å². The number of sulfonamides is 1. The van der Waals surface area contributed by atoms with Crippen LogP contribution in [0.3, 0.4) is 0 Å². The molecule has 0 aliphatic carbocycles. The van der Waals surface area contributed by atoms with Gasteiger partial charge in [0.05, 0.1) is 18.0 Å². The maximum atomic E-state index is 14.1. The van der Waals surface area contributed by atoms with Crippen LogP contribution in [0.5, 0.6) is 0 Å². The minimum absolute atomic E-state index is 0.152. The summed E-state index contributed by atoms with van der Waals surface area (Å²) in [5.74, 6) is 0.624. The smallest absolute Gasteiger partial charge is 0.248 e. The number of piperidine rings is 1. The van der Waals surface area contributed by atoms with E-state index in [1.54, 1.807) is 40.6 Å². The molecule has 2 aliphatic heterocycles. The van der Waals surface area contributed by atoms with Crippen LogP contribution in [0.25, 0.3) is 5.65 Å². The number of carbonyl (C=O) groups excluding carboxylic acids is 1. The third kappa shape index (κ3) is 5.07. The lowest BCUT2D eigenvalue weighted by atomic mass is 9.89. The molecular formula is C26H35N7O3S. The predicted molar refractivity (Wildman–Crippen MR) is 143 cm³/mol. The quantitative estimate of drug-likeness (QED) is 0.505. The number of amides is 1. The Balaban J connectivity index is 1.51. The Kier molecular flexibility index (Phi) is 6.71. The van der Waals surface area contributed by atoms with Gasteiger partial charge in [0.25, 0.3) is 0 Å².